The van der Waals surface area contributed by atoms with Gasteiger partial charge in [-0.05, 0) is 62.2 Å². The van der Waals surface area contributed by atoms with Crippen molar-refractivity contribution in [1.29, 1.82) is 0 Å². The quantitative estimate of drug-likeness (QED) is 0.881. The van der Waals surface area contributed by atoms with Gasteiger partial charge in [0, 0.05) is 12.5 Å². The Morgan fingerprint density at radius 3 is 2.45 bits per heavy atom. The summed E-state index contributed by atoms with van der Waals surface area (Å²) in [5.41, 5.74) is 2.80. The maximum atomic E-state index is 12.1. The average Bonchev–Trinajstić information content (AvgIpc) is 2.88. The Balaban J connectivity index is 1.41. The normalized spacial score (nSPS) is 19.8. The fourth-order valence-electron chi connectivity index (χ4n) is 3.47. The largest absolute Gasteiger partial charge is 0.353 e. The van der Waals surface area contributed by atoms with Gasteiger partial charge in [0.25, 0.3) is 0 Å². The van der Waals surface area contributed by atoms with E-state index in [1.807, 2.05) is 0 Å². The van der Waals surface area contributed by atoms with E-state index in [2.05, 4.69) is 34.9 Å². The molecule has 0 unspecified atom stereocenters. The number of amides is 1. The lowest BCUT2D eigenvalue weighted by atomic mass is 9.93. The number of fused-ring (bicyclic) bond motifs is 1. The van der Waals surface area contributed by atoms with Crippen molar-refractivity contribution in [3.63, 3.8) is 0 Å². The molecular formula is C17H24N2O. The number of benzene rings is 1. The third kappa shape index (κ3) is 3.40. The maximum absolute atomic E-state index is 12.1. The molecule has 0 saturated carbocycles. The summed E-state index contributed by atoms with van der Waals surface area (Å²) in [6.45, 7) is 2.23. The van der Waals surface area contributed by atoms with Crippen LogP contribution in [-0.2, 0) is 17.6 Å². The topological polar surface area (TPSA) is 41.1 Å². The van der Waals surface area contributed by atoms with E-state index in [4.69, 9.17) is 0 Å². The molecule has 3 rings (SSSR count). The molecule has 2 aliphatic rings. The van der Waals surface area contributed by atoms with Crippen molar-refractivity contribution in [2.24, 2.45) is 5.92 Å². The number of carbonyl (C=O) groups excluding carboxylic acids is 1. The van der Waals surface area contributed by atoms with E-state index in [0.717, 1.165) is 38.3 Å². The minimum absolute atomic E-state index is 0.237. The standard InChI is InChI=1S/C17H24N2O/c20-17(6-5-13-7-9-18-10-8-13)19-16-11-14-3-1-2-4-15(14)12-16/h1-4,13,16,18H,5-12H2,(H,19,20). The monoisotopic (exact) mass is 272 g/mol. The van der Waals surface area contributed by atoms with Crippen molar-refractivity contribution in [1.82, 2.24) is 10.6 Å². The highest BCUT2D eigenvalue weighted by molar-refractivity contribution is 5.76. The average molecular weight is 272 g/mol. The summed E-state index contributed by atoms with van der Waals surface area (Å²) in [6, 6.07) is 8.83. The molecule has 1 heterocycles. The van der Waals surface area contributed by atoms with Gasteiger partial charge >= 0.3 is 0 Å². The highest BCUT2D eigenvalue weighted by Crippen LogP contribution is 2.22. The molecule has 3 heteroatoms. The Bertz CT molecular complexity index is 441. The van der Waals surface area contributed by atoms with Crippen molar-refractivity contribution >= 4 is 5.91 Å². The van der Waals surface area contributed by atoms with E-state index in [9.17, 15) is 4.79 Å². The van der Waals surface area contributed by atoms with Gasteiger partial charge in [-0.25, -0.2) is 0 Å². The van der Waals surface area contributed by atoms with Crippen LogP contribution in [-0.4, -0.2) is 25.0 Å². The van der Waals surface area contributed by atoms with Crippen LogP contribution in [0.5, 0.6) is 0 Å². The van der Waals surface area contributed by atoms with Crippen molar-refractivity contribution in [2.75, 3.05) is 13.1 Å². The van der Waals surface area contributed by atoms with Crippen LogP contribution in [0.4, 0.5) is 0 Å². The van der Waals surface area contributed by atoms with E-state index < -0.39 is 0 Å². The second kappa shape index (κ2) is 6.40. The fourth-order valence-corrected chi connectivity index (χ4v) is 3.47. The fraction of sp³-hybridized carbons (Fsp3) is 0.588. The van der Waals surface area contributed by atoms with Crippen molar-refractivity contribution in [3.8, 4) is 0 Å². The van der Waals surface area contributed by atoms with E-state index in [0.29, 0.717) is 12.5 Å². The molecule has 1 saturated heterocycles. The molecule has 1 aromatic rings. The Morgan fingerprint density at radius 1 is 1.15 bits per heavy atom. The zero-order chi connectivity index (χ0) is 13.8. The lowest BCUT2D eigenvalue weighted by Crippen LogP contribution is -2.36. The van der Waals surface area contributed by atoms with Crippen LogP contribution in [0.3, 0.4) is 0 Å². The summed E-state index contributed by atoms with van der Waals surface area (Å²) >= 11 is 0. The summed E-state index contributed by atoms with van der Waals surface area (Å²) in [4.78, 5) is 12.1. The minimum atomic E-state index is 0.237. The van der Waals surface area contributed by atoms with E-state index >= 15 is 0 Å². The number of piperidine rings is 1. The lowest BCUT2D eigenvalue weighted by molar-refractivity contribution is -0.122. The number of nitrogens with one attached hydrogen (secondary N) is 2. The molecule has 0 aromatic heterocycles. The van der Waals surface area contributed by atoms with Crippen LogP contribution in [0.1, 0.15) is 36.8 Å². The molecule has 1 amide bonds. The van der Waals surface area contributed by atoms with Crippen LogP contribution >= 0.6 is 0 Å². The van der Waals surface area contributed by atoms with Gasteiger partial charge in [-0.3, -0.25) is 4.79 Å². The SMILES string of the molecule is O=C(CCC1CCNCC1)NC1Cc2ccccc2C1. The molecule has 3 nitrogen and oxygen atoms in total. The molecule has 1 aliphatic carbocycles. The molecule has 1 aliphatic heterocycles. The van der Waals surface area contributed by atoms with Crippen molar-refractivity contribution < 1.29 is 4.79 Å². The van der Waals surface area contributed by atoms with Crippen LogP contribution in [0, 0.1) is 5.92 Å². The summed E-state index contributed by atoms with van der Waals surface area (Å²) in [5.74, 6) is 0.976. The Labute approximate surface area is 121 Å². The molecular weight excluding hydrogens is 248 g/mol. The van der Waals surface area contributed by atoms with Crippen LogP contribution in [0.15, 0.2) is 24.3 Å². The summed E-state index contributed by atoms with van der Waals surface area (Å²) in [6.07, 6.45) is 6.18. The highest BCUT2D eigenvalue weighted by atomic mass is 16.1. The predicted octanol–water partition coefficient (Wildman–Crippen LogP) is 2.05. The first-order valence-corrected chi connectivity index (χ1v) is 7.88. The zero-order valence-electron chi connectivity index (χ0n) is 12.0. The van der Waals surface area contributed by atoms with Gasteiger partial charge in [-0.1, -0.05) is 24.3 Å². The molecule has 0 radical (unpaired) electrons. The van der Waals surface area contributed by atoms with Crippen LogP contribution in [0.25, 0.3) is 0 Å². The van der Waals surface area contributed by atoms with E-state index in [1.54, 1.807) is 0 Å². The highest BCUT2D eigenvalue weighted by Gasteiger charge is 2.22. The number of hydrogen-bond donors (Lipinski definition) is 2. The summed E-state index contributed by atoms with van der Waals surface area (Å²) in [5, 5.41) is 6.58. The van der Waals surface area contributed by atoms with Crippen LogP contribution in [0.2, 0.25) is 0 Å². The second-order valence-electron chi connectivity index (χ2n) is 6.17. The van der Waals surface area contributed by atoms with E-state index in [-0.39, 0.29) is 5.91 Å². The first-order chi connectivity index (χ1) is 9.81. The molecule has 20 heavy (non-hydrogen) atoms. The summed E-state index contributed by atoms with van der Waals surface area (Å²) in [7, 11) is 0. The molecule has 1 aromatic carbocycles. The minimum Gasteiger partial charge on any atom is -0.353 e. The number of carbonyl (C=O) groups is 1. The van der Waals surface area contributed by atoms with Gasteiger partial charge < -0.3 is 10.6 Å². The van der Waals surface area contributed by atoms with E-state index in [1.165, 1.54) is 24.0 Å². The molecule has 2 N–H and O–H groups in total. The molecule has 1 fully saturated rings. The lowest BCUT2D eigenvalue weighted by Gasteiger charge is -2.22. The molecule has 0 atom stereocenters. The third-order valence-corrected chi connectivity index (χ3v) is 4.65. The maximum Gasteiger partial charge on any atom is 0.220 e. The van der Waals surface area contributed by atoms with Crippen LogP contribution < -0.4 is 10.6 Å². The third-order valence-electron chi connectivity index (χ3n) is 4.65. The Morgan fingerprint density at radius 2 is 1.80 bits per heavy atom. The number of hydrogen-bond acceptors (Lipinski definition) is 2. The van der Waals surface area contributed by atoms with Gasteiger partial charge in [-0.15, -0.1) is 0 Å². The van der Waals surface area contributed by atoms with Crippen molar-refractivity contribution in [2.45, 2.75) is 44.6 Å². The van der Waals surface area contributed by atoms with Gasteiger partial charge in [0.15, 0.2) is 0 Å². The Hall–Kier alpha value is -1.35. The zero-order valence-corrected chi connectivity index (χ0v) is 12.0. The van der Waals surface area contributed by atoms with Crippen molar-refractivity contribution in [3.05, 3.63) is 35.4 Å². The van der Waals surface area contributed by atoms with Gasteiger partial charge in [-0.2, -0.15) is 0 Å². The van der Waals surface area contributed by atoms with Gasteiger partial charge in [0.1, 0.15) is 0 Å². The number of rotatable bonds is 4. The Kier molecular flexibility index (Phi) is 4.36. The summed E-state index contributed by atoms with van der Waals surface area (Å²) < 4.78 is 0. The smallest absolute Gasteiger partial charge is 0.220 e. The predicted molar refractivity (Wildman–Crippen MR) is 80.6 cm³/mol. The van der Waals surface area contributed by atoms with Gasteiger partial charge in [0.2, 0.25) is 5.91 Å². The van der Waals surface area contributed by atoms with Gasteiger partial charge in [0.05, 0.1) is 0 Å². The molecule has 0 spiro atoms. The molecule has 108 valence electrons. The second-order valence-corrected chi connectivity index (χ2v) is 6.17. The molecule has 0 bridgehead atoms. The first-order valence-electron chi connectivity index (χ1n) is 7.88. The first kappa shape index (κ1) is 13.6.